The third kappa shape index (κ3) is 23.3. The highest BCUT2D eigenvalue weighted by atomic mass is 16.3. The maximum absolute atomic E-state index is 15.3. The number of aliphatic hydroxyl groups is 1. The van der Waals surface area contributed by atoms with Gasteiger partial charge in [0, 0.05) is 70.0 Å². The van der Waals surface area contributed by atoms with E-state index in [1.165, 1.54) is 99.5 Å². The van der Waals surface area contributed by atoms with E-state index in [-0.39, 0.29) is 68.9 Å². The summed E-state index contributed by atoms with van der Waals surface area (Å²) in [5.74, 6) is -11.2. The van der Waals surface area contributed by atoms with E-state index in [9.17, 15) is 38.7 Å². The van der Waals surface area contributed by atoms with E-state index in [0.29, 0.717) is 0 Å². The smallest absolute Gasteiger partial charge is 0.246 e. The van der Waals surface area contributed by atoms with Gasteiger partial charge in [-0.15, -0.1) is 0 Å². The second-order valence-electron chi connectivity index (χ2n) is 28.2. The molecule has 5 N–H and O–H groups in total. The molecule has 26 heteroatoms. The lowest BCUT2D eigenvalue weighted by molar-refractivity contribution is -0.157. The molecular weight excluding hydrogens is 1190 g/mol. The molecule has 0 aromatic heterocycles. The topological polar surface area (TPSA) is 302 Å². The van der Waals surface area contributed by atoms with Gasteiger partial charge in [-0.05, 0) is 108 Å². The zero-order chi connectivity index (χ0) is 72.3. The van der Waals surface area contributed by atoms with E-state index < -0.39 is 161 Å². The first-order valence-electron chi connectivity index (χ1n) is 33.1. The number of carbonyl (C=O) groups excluding carboxylic acids is 12. The Kier molecular flexibility index (Phi) is 34.5. The van der Waals surface area contributed by atoms with Crippen molar-refractivity contribution in [1.82, 2.24) is 65.4 Å². The molecule has 1 rings (SSSR count). The number of allylic oxidation sites excluding steroid dienone is 2. The summed E-state index contributed by atoms with van der Waals surface area (Å²) < 4.78 is 0. The van der Waals surface area contributed by atoms with Crippen molar-refractivity contribution in [3.63, 3.8) is 0 Å². The minimum absolute atomic E-state index is 0.0243. The molecule has 0 aromatic carbocycles. The van der Waals surface area contributed by atoms with E-state index in [1.807, 2.05) is 41.5 Å². The lowest BCUT2D eigenvalue weighted by Gasteiger charge is -2.41. The highest BCUT2D eigenvalue weighted by molar-refractivity contribution is 6.00. The SMILES string of the molecule is C/C=C/C[C@@H](C)[C@@H](O)[C@H]1C(=O)N[C@@H](CC)C(=O)N(C)[C@H](C)C(=O)N(C)[C@@H]([C@H](C)CN(C)CC(=O)N(C)C)C(=O)N[C@@H](C(C)C)C(=O)N(C)[C@@H](CC(C)C)C(=O)N[C@@H](C)C(=O)N[C@H](C)C(=O)N(C)[C@@H](CC(C)C)C(=O)N(C)[C@@H](CC(C)C)C(=O)N(C)[C@@H](C(C)C)C(=O)N1C. The normalized spacial score (nSPS) is 26.7. The van der Waals surface area contributed by atoms with Crippen molar-refractivity contribution in [2.45, 2.75) is 222 Å². The summed E-state index contributed by atoms with van der Waals surface area (Å²) in [7, 11) is 14.7. The van der Waals surface area contributed by atoms with Crippen LogP contribution in [0.2, 0.25) is 0 Å². The molecule has 0 saturated carbocycles. The van der Waals surface area contributed by atoms with Gasteiger partial charge in [0.1, 0.15) is 66.5 Å². The van der Waals surface area contributed by atoms with Crippen LogP contribution in [0.4, 0.5) is 0 Å². The van der Waals surface area contributed by atoms with Crippen LogP contribution < -0.4 is 21.3 Å². The van der Waals surface area contributed by atoms with Gasteiger partial charge in [-0.3, -0.25) is 62.4 Å². The summed E-state index contributed by atoms with van der Waals surface area (Å²) in [6, 6.07) is -14.3. The summed E-state index contributed by atoms with van der Waals surface area (Å²) in [6.07, 6.45) is 2.69. The maximum Gasteiger partial charge on any atom is 0.246 e. The van der Waals surface area contributed by atoms with Gasteiger partial charge in [0.25, 0.3) is 0 Å². The third-order valence-electron chi connectivity index (χ3n) is 17.8. The van der Waals surface area contributed by atoms with Crippen LogP contribution in [0.5, 0.6) is 0 Å². The zero-order valence-electron chi connectivity index (χ0n) is 61.4. The van der Waals surface area contributed by atoms with Crippen LogP contribution >= 0.6 is 0 Å². The van der Waals surface area contributed by atoms with E-state index in [1.54, 1.807) is 93.6 Å². The van der Waals surface area contributed by atoms with Gasteiger partial charge >= 0.3 is 0 Å². The summed E-state index contributed by atoms with van der Waals surface area (Å²) in [6.45, 7) is 29.2. The van der Waals surface area contributed by atoms with Crippen molar-refractivity contribution in [3.8, 4) is 0 Å². The van der Waals surface area contributed by atoms with Crippen molar-refractivity contribution in [3.05, 3.63) is 12.2 Å². The summed E-state index contributed by atoms with van der Waals surface area (Å²) in [5, 5.41) is 23.2. The number of rotatable bonds is 18. The molecule has 26 nitrogen and oxygen atoms in total. The van der Waals surface area contributed by atoms with Crippen LogP contribution in [0.25, 0.3) is 0 Å². The van der Waals surface area contributed by atoms with Crippen LogP contribution in [-0.2, 0) is 57.5 Å². The quantitative estimate of drug-likeness (QED) is 0.123. The number of aliphatic hydroxyl groups excluding tert-OH is 1. The first kappa shape index (κ1) is 84.3. The molecule has 0 unspecified atom stereocenters. The fourth-order valence-electron chi connectivity index (χ4n) is 11.8. The monoisotopic (exact) mass is 1320 g/mol. The Bertz CT molecular complexity index is 2600. The molecular formula is C67H121N13O13. The minimum atomic E-state index is -1.65. The molecule has 14 atom stereocenters. The molecule has 532 valence electrons. The van der Waals surface area contributed by atoms with Gasteiger partial charge in [-0.1, -0.05) is 102 Å². The molecule has 0 aromatic rings. The van der Waals surface area contributed by atoms with E-state index in [4.69, 9.17) is 0 Å². The molecule has 1 aliphatic rings. The summed E-state index contributed by atoms with van der Waals surface area (Å²) >= 11 is 0. The van der Waals surface area contributed by atoms with Crippen LogP contribution in [0.3, 0.4) is 0 Å². The molecule has 0 aliphatic carbocycles. The van der Waals surface area contributed by atoms with E-state index in [0.717, 1.165) is 9.80 Å². The number of hydrogen-bond donors (Lipinski definition) is 5. The van der Waals surface area contributed by atoms with Gasteiger partial charge in [0.15, 0.2) is 0 Å². The van der Waals surface area contributed by atoms with Crippen molar-refractivity contribution in [1.29, 1.82) is 0 Å². The summed E-state index contributed by atoms with van der Waals surface area (Å²) in [4.78, 5) is 187. The Morgan fingerprint density at radius 1 is 0.495 bits per heavy atom. The molecule has 12 amide bonds. The van der Waals surface area contributed by atoms with E-state index >= 15 is 24.0 Å². The van der Waals surface area contributed by atoms with E-state index in [2.05, 4.69) is 21.3 Å². The average molecular weight is 1320 g/mol. The minimum Gasteiger partial charge on any atom is -0.390 e. The third-order valence-corrected chi connectivity index (χ3v) is 17.8. The Labute approximate surface area is 556 Å². The van der Waals surface area contributed by atoms with Crippen LogP contribution in [0, 0.1) is 41.4 Å². The number of amides is 12. The molecule has 0 spiro atoms. The number of nitrogens with zero attached hydrogens (tertiary/aromatic N) is 9. The fourth-order valence-corrected chi connectivity index (χ4v) is 11.8. The lowest BCUT2D eigenvalue weighted by atomic mass is 9.91. The molecule has 1 aliphatic heterocycles. The highest BCUT2D eigenvalue weighted by Crippen LogP contribution is 2.26. The predicted octanol–water partition coefficient (Wildman–Crippen LogP) is 2.27. The lowest BCUT2D eigenvalue weighted by Crippen LogP contribution is -2.64. The molecule has 0 bridgehead atoms. The predicted molar refractivity (Wildman–Crippen MR) is 359 cm³/mol. The maximum atomic E-state index is 15.3. The zero-order valence-corrected chi connectivity index (χ0v) is 61.4. The van der Waals surface area contributed by atoms with Crippen LogP contribution in [0.15, 0.2) is 12.2 Å². The molecule has 93 heavy (non-hydrogen) atoms. The van der Waals surface area contributed by atoms with Crippen molar-refractivity contribution < 1.29 is 62.6 Å². The Morgan fingerprint density at radius 2 is 0.935 bits per heavy atom. The van der Waals surface area contributed by atoms with Crippen molar-refractivity contribution >= 4 is 70.9 Å². The van der Waals surface area contributed by atoms with Crippen LogP contribution in [-0.4, -0.2) is 276 Å². The Morgan fingerprint density at radius 3 is 1.40 bits per heavy atom. The van der Waals surface area contributed by atoms with Crippen molar-refractivity contribution in [2.24, 2.45) is 41.4 Å². The fraction of sp³-hybridized carbons (Fsp3) is 0.791. The molecule has 0 radical (unpaired) electrons. The Balaban J connectivity index is 4.49. The summed E-state index contributed by atoms with van der Waals surface area (Å²) in [5.41, 5.74) is 0. The first-order chi connectivity index (χ1) is 42.9. The molecule has 1 saturated heterocycles. The van der Waals surface area contributed by atoms with Gasteiger partial charge in [0.2, 0.25) is 70.9 Å². The Hall–Kier alpha value is -6.70. The molecule has 1 fully saturated rings. The van der Waals surface area contributed by atoms with Crippen molar-refractivity contribution in [2.75, 3.05) is 83.6 Å². The second kappa shape index (κ2) is 38.0. The highest BCUT2D eigenvalue weighted by Gasteiger charge is 2.46. The number of likely N-dealkylation sites (N-methyl/N-ethyl adjacent to an activating group) is 9. The number of nitrogens with one attached hydrogen (secondary N) is 4. The first-order valence-corrected chi connectivity index (χ1v) is 33.1. The average Bonchev–Trinajstić information content (AvgIpc) is 0.947. The van der Waals surface area contributed by atoms with Gasteiger partial charge < -0.3 is 65.6 Å². The second-order valence-corrected chi connectivity index (χ2v) is 28.2. The van der Waals surface area contributed by atoms with Gasteiger partial charge in [0.05, 0.1) is 12.6 Å². The van der Waals surface area contributed by atoms with Gasteiger partial charge in [-0.25, -0.2) is 0 Å². The number of hydrogen-bond acceptors (Lipinski definition) is 14. The standard InChI is InChI=1S/C67H121N13O13/c1-28-30-31-42(13)56(82)55-60(86)70-47(29-2)63(89)74(21)46(17)62(88)79(26)54(43(14)35-73(20)36-51(81)72(18)19)59(85)71-52(40(9)10)66(92)75(22)48(32-37(3)4)58(84)68-44(15)57(83)69-45(16)61(87)76(23)49(33-38(5)6)64(90)77(24)50(34-39(7)8)65(91)78(25)53(41(11)12)67(93)80(55)27/h28,30,37-50,52-56,82H,29,31-36H2,1-27H3,(H,68,84)(H,69,83)(H,70,86)(H,71,85)/b30-28+/t42-,43-,44+,45-,46-,47+,48+,49+,50+,52+,53+,54+,55+,56-/m1/s1. The van der Waals surface area contributed by atoms with Crippen LogP contribution in [0.1, 0.15) is 150 Å². The van der Waals surface area contributed by atoms with Gasteiger partial charge in [-0.2, -0.15) is 0 Å². The largest absolute Gasteiger partial charge is 0.390 e. The molecule has 1 heterocycles. The number of carbonyl (C=O) groups is 12.